The molecule has 26 heavy (non-hydrogen) atoms. The number of methoxy groups -OCH3 is 1. The van der Waals surface area contributed by atoms with E-state index in [1.165, 1.54) is 12.7 Å². The Kier molecular flexibility index (Phi) is 5.88. The number of nitrogens with one attached hydrogen (secondary N) is 1. The lowest BCUT2D eigenvalue weighted by molar-refractivity contribution is -0.131. The van der Waals surface area contributed by atoms with Crippen LogP contribution in [-0.2, 0) is 16.1 Å². The number of ether oxygens (including phenoxy) is 1. The van der Waals surface area contributed by atoms with Crippen molar-refractivity contribution in [3.05, 3.63) is 54.1 Å². The number of carbonyl (C=O) groups is 2. The number of alkyl carbamates (subject to hydrolysis) is 1. The molecule has 1 aromatic carbocycles. The van der Waals surface area contributed by atoms with E-state index in [9.17, 15) is 9.59 Å². The SMILES string of the molecule is COC(=O)NCC(=O)N1CCC[C@H](c2nccn2Cc2ccccc2)C1. The van der Waals surface area contributed by atoms with Crippen LogP contribution in [0.15, 0.2) is 42.7 Å². The fourth-order valence-electron chi connectivity index (χ4n) is 3.34. The quantitative estimate of drug-likeness (QED) is 0.889. The van der Waals surface area contributed by atoms with Gasteiger partial charge in [0, 0.05) is 37.9 Å². The number of carbonyl (C=O) groups excluding carboxylic acids is 2. The minimum atomic E-state index is -0.592. The summed E-state index contributed by atoms with van der Waals surface area (Å²) in [5.41, 5.74) is 1.22. The third-order valence-corrected chi connectivity index (χ3v) is 4.65. The molecule has 1 N–H and O–H groups in total. The molecule has 0 bridgehead atoms. The van der Waals surface area contributed by atoms with E-state index in [2.05, 4.69) is 31.7 Å². The fraction of sp³-hybridized carbons (Fsp3) is 0.421. The Balaban J connectivity index is 1.64. The van der Waals surface area contributed by atoms with Crippen molar-refractivity contribution in [3.8, 4) is 0 Å². The van der Waals surface area contributed by atoms with Crippen molar-refractivity contribution in [1.29, 1.82) is 0 Å². The second-order valence-corrected chi connectivity index (χ2v) is 6.42. The number of imidazole rings is 1. The molecule has 1 saturated heterocycles. The Hall–Kier alpha value is -2.83. The molecule has 1 fully saturated rings. The number of piperidine rings is 1. The molecule has 138 valence electrons. The summed E-state index contributed by atoms with van der Waals surface area (Å²) in [7, 11) is 1.28. The molecule has 0 aliphatic carbocycles. The second-order valence-electron chi connectivity index (χ2n) is 6.42. The minimum absolute atomic E-state index is 0.0438. The molecule has 2 aromatic rings. The monoisotopic (exact) mass is 356 g/mol. The summed E-state index contributed by atoms with van der Waals surface area (Å²) in [4.78, 5) is 29.8. The average molecular weight is 356 g/mol. The molecule has 0 spiro atoms. The zero-order chi connectivity index (χ0) is 18.4. The zero-order valence-corrected chi connectivity index (χ0v) is 14.9. The summed E-state index contributed by atoms with van der Waals surface area (Å²) in [5, 5.41) is 2.45. The van der Waals surface area contributed by atoms with E-state index in [1.807, 2.05) is 30.6 Å². The highest BCUT2D eigenvalue weighted by Crippen LogP contribution is 2.26. The van der Waals surface area contributed by atoms with Crippen LogP contribution >= 0.6 is 0 Å². The molecule has 1 atom stereocenters. The molecule has 1 aromatic heterocycles. The molecule has 2 heterocycles. The van der Waals surface area contributed by atoms with Gasteiger partial charge in [0.15, 0.2) is 0 Å². The lowest BCUT2D eigenvalue weighted by atomic mass is 9.97. The molecular weight excluding hydrogens is 332 g/mol. The van der Waals surface area contributed by atoms with Gasteiger partial charge in [-0.1, -0.05) is 30.3 Å². The maximum absolute atomic E-state index is 12.3. The van der Waals surface area contributed by atoms with Crippen LogP contribution in [0.2, 0.25) is 0 Å². The van der Waals surface area contributed by atoms with E-state index < -0.39 is 6.09 Å². The van der Waals surface area contributed by atoms with Crippen LogP contribution in [0.5, 0.6) is 0 Å². The maximum Gasteiger partial charge on any atom is 0.407 e. The van der Waals surface area contributed by atoms with Crippen LogP contribution in [0, 0.1) is 0 Å². The highest BCUT2D eigenvalue weighted by atomic mass is 16.5. The lowest BCUT2D eigenvalue weighted by Crippen LogP contribution is -2.44. The summed E-state index contributed by atoms with van der Waals surface area (Å²) in [6, 6.07) is 10.3. The number of likely N-dealkylation sites (tertiary alicyclic amines) is 1. The van der Waals surface area contributed by atoms with E-state index in [0.717, 1.165) is 25.2 Å². The van der Waals surface area contributed by atoms with E-state index in [-0.39, 0.29) is 18.4 Å². The van der Waals surface area contributed by atoms with Crippen LogP contribution in [0.4, 0.5) is 4.79 Å². The van der Waals surface area contributed by atoms with Crippen LogP contribution in [0.25, 0.3) is 0 Å². The van der Waals surface area contributed by atoms with Gasteiger partial charge in [-0.15, -0.1) is 0 Å². The number of aromatic nitrogens is 2. The molecule has 0 saturated carbocycles. The summed E-state index contributed by atoms with van der Waals surface area (Å²) in [6.45, 7) is 2.05. The molecule has 3 rings (SSSR count). The van der Waals surface area contributed by atoms with Crippen molar-refractivity contribution in [2.45, 2.75) is 25.3 Å². The smallest absolute Gasteiger partial charge is 0.407 e. The normalized spacial score (nSPS) is 17.0. The van der Waals surface area contributed by atoms with Crippen molar-refractivity contribution < 1.29 is 14.3 Å². The minimum Gasteiger partial charge on any atom is -0.453 e. The molecular formula is C19H24N4O3. The van der Waals surface area contributed by atoms with Gasteiger partial charge in [0.1, 0.15) is 12.4 Å². The average Bonchev–Trinajstić information content (AvgIpc) is 3.14. The van der Waals surface area contributed by atoms with Crippen LogP contribution < -0.4 is 5.32 Å². The van der Waals surface area contributed by atoms with Gasteiger partial charge in [-0.3, -0.25) is 4.79 Å². The summed E-state index contributed by atoms with van der Waals surface area (Å²) >= 11 is 0. The van der Waals surface area contributed by atoms with Crippen molar-refractivity contribution in [3.63, 3.8) is 0 Å². The molecule has 7 heteroatoms. The highest BCUT2D eigenvalue weighted by Gasteiger charge is 2.27. The van der Waals surface area contributed by atoms with Gasteiger partial charge < -0.3 is 19.5 Å². The van der Waals surface area contributed by atoms with Crippen molar-refractivity contribution in [2.24, 2.45) is 0 Å². The Morgan fingerprint density at radius 3 is 2.88 bits per heavy atom. The largest absolute Gasteiger partial charge is 0.453 e. The maximum atomic E-state index is 12.3. The Morgan fingerprint density at radius 1 is 1.31 bits per heavy atom. The number of amides is 2. The van der Waals surface area contributed by atoms with E-state index >= 15 is 0 Å². The summed E-state index contributed by atoms with van der Waals surface area (Å²) in [5.74, 6) is 1.11. The molecule has 1 aliphatic rings. The third kappa shape index (κ3) is 4.41. The van der Waals surface area contributed by atoms with Gasteiger partial charge in [0.2, 0.25) is 5.91 Å². The van der Waals surface area contributed by atoms with Gasteiger partial charge >= 0.3 is 6.09 Å². The van der Waals surface area contributed by atoms with Crippen molar-refractivity contribution in [1.82, 2.24) is 19.8 Å². The third-order valence-electron chi connectivity index (χ3n) is 4.65. The van der Waals surface area contributed by atoms with Gasteiger partial charge in [0.05, 0.1) is 7.11 Å². The van der Waals surface area contributed by atoms with Crippen LogP contribution in [0.3, 0.4) is 0 Å². The van der Waals surface area contributed by atoms with Gasteiger partial charge in [-0.05, 0) is 18.4 Å². The molecule has 2 amide bonds. The number of hydrogen-bond donors (Lipinski definition) is 1. The number of nitrogens with zero attached hydrogens (tertiary/aromatic N) is 3. The number of rotatable bonds is 5. The lowest BCUT2D eigenvalue weighted by Gasteiger charge is -2.32. The number of hydrogen-bond acceptors (Lipinski definition) is 4. The summed E-state index contributed by atoms with van der Waals surface area (Å²) in [6.07, 6.45) is 5.14. The van der Waals surface area contributed by atoms with Crippen molar-refractivity contribution >= 4 is 12.0 Å². The predicted octanol–water partition coefficient (Wildman–Crippen LogP) is 1.99. The van der Waals surface area contributed by atoms with Crippen LogP contribution in [0.1, 0.15) is 30.1 Å². The number of benzene rings is 1. The Bertz CT molecular complexity index is 744. The van der Waals surface area contributed by atoms with Gasteiger partial charge in [-0.2, -0.15) is 0 Å². The predicted molar refractivity (Wildman–Crippen MR) is 96.7 cm³/mol. The van der Waals surface area contributed by atoms with Gasteiger partial charge in [-0.25, -0.2) is 9.78 Å². The Morgan fingerprint density at radius 2 is 2.12 bits per heavy atom. The highest BCUT2D eigenvalue weighted by molar-refractivity contribution is 5.82. The topological polar surface area (TPSA) is 76.5 Å². The van der Waals surface area contributed by atoms with Crippen LogP contribution in [-0.4, -0.2) is 53.2 Å². The Labute approximate surface area is 153 Å². The molecule has 1 aliphatic heterocycles. The fourth-order valence-corrected chi connectivity index (χ4v) is 3.34. The second kappa shape index (κ2) is 8.51. The first-order valence-electron chi connectivity index (χ1n) is 8.82. The van der Waals surface area contributed by atoms with Gasteiger partial charge in [0.25, 0.3) is 0 Å². The standard InChI is InChI=1S/C19H24N4O3/c1-26-19(25)21-12-17(24)22-10-5-8-16(14-22)18-20-9-11-23(18)13-15-6-3-2-4-7-15/h2-4,6-7,9,11,16H,5,8,10,12-14H2,1H3,(H,21,25)/t16-/m0/s1. The molecule has 7 nitrogen and oxygen atoms in total. The summed E-state index contributed by atoms with van der Waals surface area (Å²) < 4.78 is 6.66. The van der Waals surface area contributed by atoms with E-state index in [1.54, 1.807) is 4.90 Å². The first-order valence-corrected chi connectivity index (χ1v) is 8.82. The van der Waals surface area contributed by atoms with E-state index in [0.29, 0.717) is 13.1 Å². The van der Waals surface area contributed by atoms with Crippen molar-refractivity contribution in [2.75, 3.05) is 26.7 Å². The first kappa shape index (κ1) is 18.0. The first-order chi connectivity index (χ1) is 12.7. The molecule has 0 radical (unpaired) electrons. The zero-order valence-electron chi connectivity index (χ0n) is 14.9. The van der Waals surface area contributed by atoms with E-state index in [4.69, 9.17) is 0 Å². The molecule has 0 unspecified atom stereocenters.